The standard InChI is InChI=1S/C31H28F5N/c32-15-4-16-37-19-22(20-37)17-21-9-11-24(12-10-21)30-26-7-2-1-5-23(26)6-3-8-28(30)27-14-13-25(18-29(27)33)31(34,35)36/h1-2,5,7,9-14,17-18H,3-4,6,8,15-16,19-20H2. The maximum absolute atomic E-state index is 15.2. The number of benzene rings is 3. The Hall–Kier alpha value is -3.25. The van der Waals surface area contributed by atoms with Gasteiger partial charge in [-0.15, -0.1) is 0 Å². The normalized spacial score (nSPS) is 16.3. The topological polar surface area (TPSA) is 3.24 Å². The highest BCUT2D eigenvalue weighted by molar-refractivity contribution is 6.00. The molecule has 0 radical (unpaired) electrons. The van der Waals surface area contributed by atoms with E-state index < -0.39 is 17.6 Å². The fraction of sp³-hybridized carbons (Fsp3) is 0.290. The Kier molecular flexibility index (Phi) is 7.29. The maximum Gasteiger partial charge on any atom is 0.416 e. The van der Waals surface area contributed by atoms with E-state index in [2.05, 4.69) is 17.0 Å². The van der Waals surface area contributed by atoms with Crippen molar-refractivity contribution in [1.29, 1.82) is 0 Å². The second-order valence-corrected chi connectivity index (χ2v) is 9.73. The van der Waals surface area contributed by atoms with Gasteiger partial charge in [-0.2, -0.15) is 13.2 Å². The van der Waals surface area contributed by atoms with Gasteiger partial charge in [-0.05, 0) is 76.8 Å². The number of likely N-dealkylation sites (tertiary alicyclic amines) is 1. The van der Waals surface area contributed by atoms with Crippen molar-refractivity contribution in [1.82, 2.24) is 4.90 Å². The van der Waals surface area contributed by atoms with Crippen molar-refractivity contribution < 1.29 is 22.0 Å². The highest BCUT2D eigenvalue weighted by atomic mass is 19.4. The summed E-state index contributed by atoms with van der Waals surface area (Å²) in [6, 6.07) is 18.9. The Bertz CT molecular complexity index is 1330. The van der Waals surface area contributed by atoms with Crippen LogP contribution in [0.3, 0.4) is 0 Å². The minimum Gasteiger partial charge on any atom is -0.295 e. The molecule has 0 amide bonds. The molecule has 3 aromatic carbocycles. The molecule has 3 aromatic rings. The first-order chi connectivity index (χ1) is 17.8. The number of nitrogens with zero attached hydrogens (tertiary/aromatic N) is 1. The van der Waals surface area contributed by atoms with E-state index in [1.165, 1.54) is 11.6 Å². The van der Waals surface area contributed by atoms with Gasteiger partial charge in [0.1, 0.15) is 5.82 Å². The van der Waals surface area contributed by atoms with E-state index in [0.29, 0.717) is 18.9 Å². The molecule has 0 unspecified atom stereocenters. The van der Waals surface area contributed by atoms with Crippen molar-refractivity contribution in [3.8, 4) is 0 Å². The third kappa shape index (κ3) is 5.54. The van der Waals surface area contributed by atoms with Crippen molar-refractivity contribution >= 4 is 17.2 Å². The molecule has 1 nitrogen and oxygen atoms in total. The predicted octanol–water partition coefficient (Wildman–Crippen LogP) is 8.20. The summed E-state index contributed by atoms with van der Waals surface area (Å²) < 4.78 is 67.1. The summed E-state index contributed by atoms with van der Waals surface area (Å²) in [5, 5.41) is 0. The number of allylic oxidation sites excluding steroid dienone is 1. The highest BCUT2D eigenvalue weighted by Gasteiger charge is 2.32. The molecule has 1 heterocycles. The van der Waals surface area contributed by atoms with Crippen LogP contribution in [0.5, 0.6) is 0 Å². The van der Waals surface area contributed by atoms with Crippen LogP contribution in [0.4, 0.5) is 22.0 Å². The molecule has 0 saturated carbocycles. The molecule has 0 spiro atoms. The third-order valence-corrected chi connectivity index (χ3v) is 7.11. The number of hydrogen-bond acceptors (Lipinski definition) is 1. The second kappa shape index (κ2) is 10.6. The zero-order valence-corrected chi connectivity index (χ0v) is 20.4. The lowest BCUT2D eigenvalue weighted by atomic mass is 9.87. The molecule has 0 aromatic heterocycles. The van der Waals surface area contributed by atoms with Gasteiger partial charge in [0.25, 0.3) is 0 Å². The zero-order valence-electron chi connectivity index (χ0n) is 20.4. The van der Waals surface area contributed by atoms with Gasteiger partial charge in [0.2, 0.25) is 0 Å². The molecule has 5 rings (SSSR count). The van der Waals surface area contributed by atoms with Gasteiger partial charge in [-0.3, -0.25) is 9.29 Å². The average molecular weight is 510 g/mol. The molecule has 0 N–H and O–H groups in total. The van der Waals surface area contributed by atoms with Crippen LogP contribution in [0.15, 0.2) is 72.3 Å². The SMILES string of the molecule is FCCCN1CC(=Cc2ccc(C3=C(c4ccc(C(F)(F)F)cc4F)CCCc4ccccc43)cc2)C1. The summed E-state index contributed by atoms with van der Waals surface area (Å²) in [6.45, 7) is 2.16. The predicted molar refractivity (Wildman–Crippen MR) is 138 cm³/mol. The van der Waals surface area contributed by atoms with Gasteiger partial charge in [0.05, 0.1) is 12.2 Å². The fourth-order valence-corrected chi connectivity index (χ4v) is 5.30. The van der Waals surface area contributed by atoms with E-state index in [9.17, 15) is 17.6 Å². The summed E-state index contributed by atoms with van der Waals surface area (Å²) in [7, 11) is 0. The van der Waals surface area contributed by atoms with Gasteiger partial charge >= 0.3 is 6.18 Å². The van der Waals surface area contributed by atoms with Crippen molar-refractivity contribution in [3.63, 3.8) is 0 Å². The summed E-state index contributed by atoms with van der Waals surface area (Å²) in [4.78, 5) is 2.21. The summed E-state index contributed by atoms with van der Waals surface area (Å²) >= 11 is 0. The molecule has 2 aliphatic rings. The van der Waals surface area contributed by atoms with Crippen LogP contribution < -0.4 is 0 Å². The number of rotatable bonds is 6. The Morgan fingerprint density at radius 3 is 2.32 bits per heavy atom. The average Bonchev–Trinajstić information content (AvgIpc) is 3.05. The minimum atomic E-state index is -4.60. The molecule has 1 saturated heterocycles. The van der Waals surface area contributed by atoms with Crippen molar-refractivity contribution in [2.24, 2.45) is 0 Å². The molecule has 1 fully saturated rings. The first-order valence-electron chi connectivity index (χ1n) is 12.6. The van der Waals surface area contributed by atoms with E-state index in [1.54, 1.807) is 0 Å². The number of hydrogen-bond donors (Lipinski definition) is 0. The van der Waals surface area contributed by atoms with Gasteiger partial charge in [-0.25, -0.2) is 4.39 Å². The van der Waals surface area contributed by atoms with E-state index >= 15 is 4.39 Å². The maximum atomic E-state index is 15.2. The number of halogens is 5. The van der Waals surface area contributed by atoms with E-state index in [4.69, 9.17) is 0 Å². The van der Waals surface area contributed by atoms with Crippen LogP contribution in [-0.2, 0) is 12.6 Å². The quantitative estimate of drug-likeness (QED) is 0.303. The van der Waals surface area contributed by atoms with Crippen molar-refractivity contribution in [2.75, 3.05) is 26.3 Å². The van der Waals surface area contributed by atoms with Gasteiger partial charge in [0.15, 0.2) is 0 Å². The van der Waals surface area contributed by atoms with Crippen LogP contribution in [0.1, 0.15) is 52.6 Å². The van der Waals surface area contributed by atoms with Crippen LogP contribution in [0.2, 0.25) is 0 Å². The summed E-state index contributed by atoms with van der Waals surface area (Å²) in [5.74, 6) is -0.856. The van der Waals surface area contributed by atoms with Crippen molar-refractivity contribution in [3.05, 3.63) is 112 Å². The first kappa shape index (κ1) is 25.4. The van der Waals surface area contributed by atoms with Crippen LogP contribution in [-0.4, -0.2) is 31.2 Å². The molecular weight excluding hydrogens is 481 g/mol. The second-order valence-electron chi connectivity index (χ2n) is 9.73. The molecule has 1 aliphatic carbocycles. The van der Waals surface area contributed by atoms with Crippen LogP contribution >= 0.6 is 0 Å². The molecular formula is C31H28F5N. The molecule has 0 bridgehead atoms. The van der Waals surface area contributed by atoms with Crippen LogP contribution in [0, 0.1) is 5.82 Å². The summed E-state index contributed by atoms with van der Waals surface area (Å²) in [6.07, 6.45) is 0.254. The Labute approximate surface area is 213 Å². The van der Waals surface area contributed by atoms with E-state index in [0.717, 1.165) is 71.9 Å². The molecule has 6 heteroatoms. The molecule has 0 atom stereocenters. The largest absolute Gasteiger partial charge is 0.416 e. The van der Waals surface area contributed by atoms with E-state index in [1.807, 2.05) is 42.5 Å². The lowest BCUT2D eigenvalue weighted by molar-refractivity contribution is -0.137. The molecule has 37 heavy (non-hydrogen) atoms. The third-order valence-electron chi connectivity index (χ3n) is 7.11. The minimum absolute atomic E-state index is 0.216. The smallest absolute Gasteiger partial charge is 0.295 e. The molecule has 192 valence electrons. The Balaban J connectivity index is 1.53. The van der Waals surface area contributed by atoms with Gasteiger partial charge in [-0.1, -0.05) is 60.7 Å². The first-order valence-corrected chi connectivity index (χ1v) is 12.6. The van der Waals surface area contributed by atoms with Crippen molar-refractivity contribution in [2.45, 2.75) is 31.9 Å². The zero-order chi connectivity index (χ0) is 26.0. The monoisotopic (exact) mass is 509 g/mol. The number of aryl methyl sites for hydroxylation is 1. The highest BCUT2D eigenvalue weighted by Crippen LogP contribution is 2.41. The lowest BCUT2D eigenvalue weighted by Gasteiger charge is -2.33. The fourth-order valence-electron chi connectivity index (χ4n) is 5.30. The number of alkyl halides is 4. The molecule has 1 aliphatic heterocycles. The van der Waals surface area contributed by atoms with Gasteiger partial charge < -0.3 is 0 Å². The van der Waals surface area contributed by atoms with Crippen LogP contribution in [0.25, 0.3) is 17.2 Å². The summed E-state index contributed by atoms with van der Waals surface area (Å²) in [5.41, 5.74) is 6.21. The Morgan fingerprint density at radius 1 is 0.865 bits per heavy atom. The van der Waals surface area contributed by atoms with Gasteiger partial charge in [0, 0.05) is 25.2 Å². The van der Waals surface area contributed by atoms with E-state index in [-0.39, 0.29) is 12.2 Å². The number of fused-ring (bicyclic) bond motifs is 1. The Morgan fingerprint density at radius 2 is 1.62 bits per heavy atom. The lowest BCUT2D eigenvalue weighted by Crippen LogP contribution is -2.40.